The number of hydrogen-bond donors (Lipinski definition) is 3. The second-order valence-corrected chi connectivity index (χ2v) is 20.4. The molecule has 11 nitrogen and oxygen atoms in total. The van der Waals surface area contributed by atoms with E-state index in [4.69, 9.17) is 33.2 Å². The fraction of sp³-hybridized carbons (Fsp3) is 0.976. The molecule has 56 heavy (non-hydrogen) atoms. The summed E-state index contributed by atoms with van der Waals surface area (Å²) in [4.78, 5) is 13.5. The lowest BCUT2D eigenvalue weighted by atomic mass is 9.41. The molecule has 0 aromatic rings. The third-order valence-corrected chi connectivity index (χ3v) is 16.6. The maximum atomic E-state index is 15.9. The molecule has 0 amide bonds. The van der Waals surface area contributed by atoms with Gasteiger partial charge in [0.25, 0.3) is 5.92 Å². The Bertz CT molecular complexity index is 1370. The van der Waals surface area contributed by atoms with Crippen LogP contribution < -0.4 is 4.34 Å². The zero-order valence-corrected chi connectivity index (χ0v) is 36.5. The summed E-state index contributed by atoms with van der Waals surface area (Å²) < 4.78 is 75.3. The van der Waals surface area contributed by atoms with Gasteiger partial charge in [-0.15, -0.1) is 0 Å². The minimum absolute atomic E-state index is 0.0870. The number of hydrogen-bond acceptors (Lipinski definition) is 11. The number of halogens is 3. The minimum Gasteiger partial charge on any atom is -0.460 e. The van der Waals surface area contributed by atoms with E-state index in [1.165, 1.54) is 0 Å². The number of carbonyl (C=O) groups is 1. The van der Waals surface area contributed by atoms with Gasteiger partial charge in [-0.2, -0.15) is 0 Å². The Morgan fingerprint density at radius 3 is 1.95 bits per heavy atom. The molecule has 6 aliphatic rings. The Morgan fingerprint density at radius 2 is 1.38 bits per heavy atom. The minimum atomic E-state index is -2.89. The van der Waals surface area contributed by atoms with E-state index in [1.54, 1.807) is 27.7 Å². The van der Waals surface area contributed by atoms with Crippen molar-refractivity contribution in [1.82, 2.24) is 4.34 Å². The van der Waals surface area contributed by atoms with Gasteiger partial charge in [-0.05, 0) is 99.7 Å². The van der Waals surface area contributed by atoms with Gasteiger partial charge < -0.3 is 43.4 Å². The predicted octanol–water partition coefficient (Wildman–Crippen LogP) is 6.24. The van der Waals surface area contributed by atoms with Gasteiger partial charge in [0.2, 0.25) is 0 Å². The molecule has 324 valence electrons. The highest BCUT2D eigenvalue weighted by Crippen LogP contribution is 2.90. The van der Waals surface area contributed by atoms with E-state index < -0.39 is 46.6 Å². The van der Waals surface area contributed by atoms with E-state index in [-0.39, 0.29) is 65.8 Å². The summed E-state index contributed by atoms with van der Waals surface area (Å²) >= 11 is 3.12. The maximum absolute atomic E-state index is 15.9. The fourth-order valence-electron chi connectivity index (χ4n) is 13.5. The van der Waals surface area contributed by atoms with Crippen LogP contribution in [0.2, 0.25) is 0 Å². The van der Waals surface area contributed by atoms with Gasteiger partial charge >= 0.3 is 5.97 Å². The molecule has 14 heteroatoms. The zero-order valence-electron chi connectivity index (χ0n) is 34.9. The lowest BCUT2D eigenvalue weighted by Gasteiger charge is -2.65. The van der Waals surface area contributed by atoms with E-state index in [9.17, 15) is 15.0 Å². The van der Waals surface area contributed by atoms with Crippen molar-refractivity contribution in [3.63, 3.8) is 0 Å². The molecule has 0 radical (unpaired) electrons. The summed E-state index contributed by atoms with van der Waals surface area (Å²) in [6.07, 6.45) is 3.84. The summed E-state index contributed by atoms with van der Waals surface area (Å²) in [7, 11) is 0. The highest BCUT2D eigenvalue weighted by Gasteiger charge is 2.86. The molecule has 1 saturated heterocycles. The number of fused-ring (bicyclic) bond motifs is 2. The van der Waals surface area contributed by atoms with Gasteiger partial charge in [0, 0.05) is 46.4 Å². The standard InChI is InChI=1S/C42H70BrF2NO10/c1-35(2)34-29(55-32(48)26-54-23-22-53-21-20-52-19-18-51-17-16-50-15-14-46-43)24-30-38(6)25-28(47)33(39(7)9-8-31(56-39)36(3,4)49)37(38,5)10-11-40(30)27-41(34,40)12-13-42(35,44)45/h28-31,33-34,46-47,49H,8-27H2,1-7H3/t28-,29-,30-,31-,33-,34-,37+,38-,39-,40-,41+/m0/s1. The summed E-state index contributed by atoms with van der Waals surface area (Å²) in [6.45, 7) is 17.9. The molecule has 1 heterocycles. The molecule has 5 saturated carbocycles. The number of aliphatic hydroxyl groups is 2. The smallest absolute Gasteiger partial charge is 0.332 e. The third-order valence-electron chi connectivity index (χ3n) is 16.2. The highest BCUT2D eigenvalue weighted by atomic mass is 79.9. The first-order valence-corrected chi connectivity index (χ1v) is 21.9. The molecule has 6 rings (SSSR count). The Balaban J connectivity index is 1.05. The lowest BCUT2D eigenvalue weighted by Crippen LogP contribution is -2.64. The van der Waals surface area contributed by atoms with Crippen LogP contribution in [0.1, 0.15) is 106 Å². The number of alkyl halides is 2. The SMILES string of the molecule is CC(C)(O)[C@@H]1CC[C@@](C)([C@H]2[C@@H](O)C[C@@]3(C)[C@@H]4C[C@H](OC(=O)COCCOCCOCCOCCOCCNBr)[C@H]5C(C)(C)C(F)(F)CC[C@@]56C[C@@]46CC[C@]23C)O1. The molecule has 2 spiro atoms. The van der Waals surface area contributed by atoms with Crippen molar-refractivity contribution in [2.24, 2.45) is 44.8 Å². The summed E-state index contributed by atoms with van der Waals surface area (Å²) in [5.74, 6) is -3.98. The molecule has 0 aromatic carbocycles. The average Bonchev–Trinajstić information content (AvgIpc) is 3.49. The van der Waals surface area contributed by atoms with E-state index in [1.807, 2.05) is 0 Å². The molecular weight excluding hydrogens is 796 g/mol. The molecular formula is C42H70BrF2NO10. The average molecular weight is 867 g/mol. The quantitative estimate of drug-likeness (QED) is 0.0730. The van der Waals surface area contributed by atoms with Crippen molar-refractivity contribution in [2.45, 2.75) is 142 Å². The van der Waals surface area contributed by atoms with E-state index in [0.717, 1.165) is 38.6 Å². The largest absolute Gasteiger partial charge is 0.460 e. The van der Waals surface area contributed by atoms with Crippen LogP contribution in [0.3, 0.4) is 0 Å². The molecule has 5 aliphatic carbocycles. The Hall–Kier alpha value is -0.550. The van der Waals surface area contributed by atoms with Crippen molar-refractivity contribution < 1.29 is 56.9 Å². The van der Waals surface area contributed by atoms with E-state index in [2.05, 4.69) is 41.3 Å². The fourth-order valence-corrected chi connectivity index (χ4v) is 13.6. The van der Waals surface area contributed by atoms with E-state index >= 15 is 8.78 Å². The summed E-state index contributed by atoms with van der Waals surface area (Å²) in [5.41, 5.74) is -4.06. The molecule has 0 unspecified atom stereocenters. The van der Waals surface area contributed by atoms with Crippen LogP contribution in [0, 0.1) is 44.8 Å². The number of rotatable bonds is 20. The Morgan fingerprint density at radius 1 is 0.804 bits per heavy atom. The van der Waals surface area contributed by atoms with Crippen LogP contribution >= 0.6 is 16.1 Å². The van der Waals surface area contributed by atoms with Crippen molar-refractivity contribution in [3.8, 4) is 0 Å². The van der Waals surface area contributed by atoms with Gasteiger partial charge in [0.15, 0.2) is 0 Å². The van der Waals surface area contributed by atoms with Crippen LogP contribution in [0.5, 0.6) is 0 Å². The van der Waals surface area contributed by atoms with E-state index in [0.29, 0.717) is 65.5 Å². The Kier molecular flexibility index (Phi) is 13.4. The van der Waals surface area contributed by atoms with Gasteiger partial charge in [-0.25, -0.2) is 13.6 Å². The number of nitrogens with one attached hydrogen (secondary N) is 1. The topological polar surface area (TPSA) is 134 Å². The first-order valence-electron chi connectivity index (χ1n) is 21.1. The van der Waals surface area contributed by atoms with Gasteiger partial charge in [-0.1, -0.05) is 27.7 Å². The number of aliphatic hydroxyl groups excluding tert-OH is 1. The third kappa shape index (κ3) is 7.90. The maximum Gasteiger partial charge on any atom is 0.332 e. The molecule has 3 N–H and O–H groups in total. The molecule has 11 atom stereocenters. The van der Waals surface area contributed by atoms with Crippen LogP contribution in [0.4, 0.5) is 8.78 Å². The van der Waals surface area contributed by atoms with Crippen molar-refractivity contribution in [1.29, 1.82) is 0 Å². The van der Waals surface area contributed by atoms with Gasteiger partial charge in [0.1, 0.15) is 12.7 Å². The first-order chi connectivity index (χ1) is 26.2. The molecule has 0 aromatic heterocycles. The van der Waals surface area contributed by atoms with Crippen molar-refractivity contribution >= 4 is 22.1 Å². The monoisotopic (exact) mass is 865 g/mol. The molecule has 6 fully saturated rings. The molecule has 1 aliphatic heterocycles. The predicted molar refractivity (Wildman–Crippen MR) is 208 cm³/mol. The zero-order chi connectivity index (χ0) is 40.8. The first kappa shape index (κ1) is 45.0. The van der Waals surface area contributed by atoms with Crippen LogP contribution in [-0.4, -0.2) is 124 Å². The second kappa shape index (κ2) is 16.7. The normalized spacial score (nSPS) is 42.1. The molecule has 0 bridgehead atoms. The summed E-state index contributed by atoms with van der Waals surface area (Å²) in [6, 6.07) is 0. The number of ether oxygens (including phenoxy) is 7. The number of esters is 1. The second-order valence-electron chi connectivity index (χ2n) is 19.8. The van der Waals surface area contributed by atoms with Gasteiger partial charge in [-0.3, -0.25) is 4.34 Å². The van der Waals surface area contributed by atoms with Crippen LogP contribution in [0.15, 0.2) is 0 Å². The number of carbonyl (C=O) groups excluding carboxylic acids is 1. The Labute approximate surface area is 341 Å². The van der Waals surface area contributed by atoms with Gasteiger partial charge in [0.05, 0.1) is 82.9 Å². The highest BCUT2D eigenvalue weighted by molar-refractivity contribution is 9.08. The van der Waals surface area contributed by atoms with Crippen molar-refractivity contribution in [3.05, 3.63) is 0 Å². The van der Waals surface area contributed by atoms with Crippen LogP contribution in [0.25, 0.3) is 0 Å². The van der Waals surface area contributed by atoms with Crippen molar-refractivity contribution in [2.75, 3.05) is 72.6 Å². The summed E-state index contributed by atoms with van der Waals surface area (Å²) in [5, 5.41) is 22.9. The lowest BCUT2D eigenvalue weighted by molar-refractivity contribution is -0.252. The van der Waals surface area contributed by atoms with Crippen LogP contribution in [-0.2, 0) is 38.0 Å².